The number of hydrogen-bond acceptors (Lipinski definition) is 3. The summed E-state index contributed by atoms with van der Waals surface area (Å²) in [7, 11) is 0. The zero-order chi connectivity index (χ0) is 13.9. The highest BCUT2D eigenvalue weighted by molar-refractivity contribution is 5.84. The minimum Gasteiger partial charge on any atom is -0.478 e. The SMILES string of the molecule is CC(C)(Oc1ccc(F)cc1)C(=O)N1CCCCO1. The topological polar surface area (TPSA) is 38.8 Å². The van der Waals surface area contributed by atoms with E-state index in [0.29, 0.717) is 18.9 Å². The van der Waals surface area contributed by atoms with Crippen molar-refractivity contribution < 1.29 is 18.8 Å². The Balaban J connectivity index is 2.04. The van der Waals surface area contributed by atoms with Crippen LogP contribution in [0.15, 0.2) is 24.3 Å². The smallest absolute Gasteiger partial charge is 0.289 e. The molecule has 0 unspecified atom stereocenters. The molecular formula is C14H18FNO3. The number of amides is 1. The molecule has 0 N–H and O–H groups in total. The van der Waals surface area contributed by atoms with Crippen LogP contribution >= 0.6 is 0 Å². The number of carbonyl (C=O) groups is 1. The fourth-order valence-electron chi connectivity index (χ4n) is 1.90. The normalized spacial score (nSPS) is 16.3. The molecule has 1 fully saturated rings. The van der Waals surface area contributed by atoms with Gasteiger partial charge in [-0.1, -0.05) is 0 Å². The molecule has 0 atom stereocenters. The molecule has 1 aliphatic heterocycles. The molecule has 0 saturated carbocycles. The average molecular weight is 267 g/mol. The van der Waals surface area contributed by atoms with Gasteiger partial charge in [-0.25, -0.2) is 9.45 Å². The van der Waals surface area contributed by atoms with Crippen LogP contribution in [0, 0.1) is 5.82 Å². The molecule has 5 heteroatoms. The minimum atomic E-state index is -1.05. The molecule has 0 bridgehead atoms. The first-order valence-corrected chi connectivity index (χ1v) is 6.38. The summed E-state index contributed by atoms with van der Waals surface area (Å²) in [6.45, 7) is 4.49. The standard InChI is InChI=1S/C14H18FNO3/c1-14(2,13(17)16-9-3-4-10-18-16)19-12-7-5-11(15)6-8-12/h5-8H,3-4,9-10H2,1-2H3. The number of halogens is 1. The molecule has 0 spiro atoms. The van der Waals surface area contributed by atoms with E-state index in [1.54, 1.807) is 13.8 Å². The number of ether oxygens (including phenoxy) is 1. The van der Waals surface area contributed by atoms with Gasteiger partial charge in [-0.15, -0.1) is 0 Å². The van der Waals surface area contributed by atoms with Crippen molar-refractivity contribution >= 4 is 5.91 Å². The van der Waals surface area contributed by atoms with Gasteiger partial charge in [-0.2, -0.15) is 0 Å². The summed E-state index contributed by atoms with van der Waals surface area (Å²) in [6.07, 6.45) is 1.89. The van der Waals surface area contributed by atoms with E-state index in [1.807, 2.05) is 0 Å². The van der Waals surface area contributed by atoms with Crippen molar-refractivity contribution in [1.82, 2.24) is 5.06 Å². The van der Waals surface area contributed by atoms with Crippen LogP contribution in [0.3, 0.4) is 0 Å². The minimum absolute atomic E-state index is 0.225. The lowest BCUT2D eigenvalue weighted by Gasteiger charge is -2.33. The second-order valence-electron chi connectivity index (χ2n) is 5.01. The van der Waals surface area contributed by atoms with E-state index in [2.05, 4.69) is 0 Å². The summed E-state index contributed by atoms with van der Waals surface area (Å²) in [6, 6.07) is 5.60. The summed E-state index contributed by atoms with van der Waals surface area (Å²) < 4.78 is 18.5. The van der Waals surface area contributed by atoms with Crippen LogP contribution in [0.5, 0.6) is 5.75 Å². The predicted octanol–water partition coefficient (Wildman–Crippen LogP) is 2.54. The van der Waals surface area contributed by atoms with E-state index < -0.39 is 5.60 Å². The van der Waals surface area contributed by atoms with Crippen LogP contribution in [0.2, 0.25) is 0 Å². The monoisotopic (exact) mass is 267 g/mol. The lowest BCUT2D eigenvalue weighted by molar-refractivity contribution is -0.209. The summed E-state index contributed by atoms with van der Waals surface area (Å²) in [5, 5.41) is 1.35. The Morgan fingerprint density at radius 2 is 2.00 bits per heavy atom. The van der Waals surface area contributed by atoms with Crippen LogP contribution in [0.25, 0.3) is 0 Å². The Labute approximate surface area is 112 Å². The van der Waals surface area contributed by atoms with Gasteiger partial charge < -0.3 is 4.74 Å². The zero-order valence-corrected chi connectivity index (χ0v) is 11.2. The fraction of sp³-hybridized carbons (Fsp3) is 0.500. The number of carbonyl (C=O) groups excluding carboxylic acids is 1. The highest BCUT2D eigenvalue weighted by atomic mass is 19.1. The number of nitrogens with zero attached hydrogens (tertiary/aromatic N) is 1. The van der Waals surface area contributed by atoms with Crippen molar-refractivity contribution in [3.8, 4) is 5.75 Å². The zero-order valence-electron chi connectivity index (χ0n) is 11.2. The summed E-state index contributed by atoms with van der Waals surface area (Å²) in [5.41, 5.74) is -1.05. The third-order valence-electron chi connectivity index (χ3n) is 2.93. The van der Waals surface area contributed by atoms with Gasteiger partial charge in [0.2, 0.25) is 0 Å². The Bertz CT molecular complexity index is 439. The van der Waals surface area contributed by atoms with Gasteiger partial charge >= 0.3 is 0 Å². The maximum atomic E-state index is 12.8. The Morgan fingerprint density at radius 1 is 1.32 bits per heavy atom. The van der Waals surface area contributed by atoms with Crippen molar-refractivity contribution in [2.45, 2.75) is 32.3 Å². The van der Waals surface area contributed by atoms with Gasteiger partial charge in [-0.3, -0.25) is 9.63 Å². The van der Waals surface area contributed by atoms with Gasteiger partial charge in [0.25, 0.3) is 5.91 Å². The molecule has 2 rings (SSSR count). The third-order valence-corrected chi connectivity index (χ3v) is 2.93. The molecule has 1 aromatic rings. The highest BCUT2D eigenvalue weighted by Crippen LogP contribution is 2.22. The maximum Gasteiger partial charge on any atom is 0.289 e. The van der Waals surface area contributed by atoms with Gasteiger partial charge in [0.05, 0.1) is 6.61 Å². The lowest BCUT2D eigenvalue weighted by Crippen LogP contribution is -2.50. The number of rotatable bonds is 3. The molecule has 0 aliphatic carbocycles. The van der Waals surface area contributed by atoms with E-state index in [0.717, 1.165) is 12.8 Å². The van der Waals surface area contributed by atoms with Crippen LogP contribution in [0.4, 0.5) is 4.39 Å². The number of benzene rings is 1. The molecule has 1 saturated heterocycles. The third kappa shape index (κ3) is 3.44. The lowest BCUT2D eigenvalue weighted by atomic mass is 10.1. The van der Waals surface area contributed by atoms with Crippen molar-refractivity contribution in [1.29, 1.82) is 0 Å². The fourth-order valence-corrected chi connectivity index (χ4v) is 1.90. The molecule has 104 valence electrons. The molecule has 4 nitrogen and oxygen atoms in total. The van der Waals surface area contributed by atoms with Crippen molar-refractivity contribution in [2.24, 2.45) is 0 Å². The molecule has 1 amide bonds. The van der Waals surface area contributed by atoms with E-state index in [1.165, 1.54) is 29.3 Å². The molecule has 19 heavy (non-hydrogen) atoms. The van der Waals surface area contributed by atoms with Crippen LogP contribution < -0.4 is 4.74 Å². The molecule has 0 aromatic heterocycles. The Kier molecular flexibility index (Phi) is 4.04. The van der Waals surface area contributed by atoms with Crippen molar-refractivity contribution in [3.05, 3.63) is 30.1 Å². The first-order chi connectivity index (χ1) is 8.99. The predicted molar refractivity (Wildman–Crippen MR) is 68.0 cm³/mol. The molecule has 0 radical (unpaired) electrons. The first-order valence-electron chi connectivity index (χ1n) is 6.38. The van der Waals surface area contributed by atoms with Crippen LogP contribution in [-0.2, 0) is 9.63 Å². The van der Waals surface area contributed by atoms with E-state index in [4.69, 9.17) is 9.57 Å². The molecule has 1 aromatic carbocycles. The second kappa shape index (κ2) is 5.57. The summed E-state index contributed by atoms with van der Waals surface area (Å²) in [5.74, 6) is -0.107. The maximum absolute atomic E-state index is 12.8. The van der Waals surface area contributed by atoms with Gasteiger partial charge in [0, 0.05) is 6.54 Å². The Morgan fingerprint density at radius 3 is 2.58 bits per heavy atom. The van der Waals surface area contributed by atoms with E-state index in [9.17, 15) is 9.18 Å². The summed E-state index contributed by atoms with van der Waals surface area (Å²) in [4.78, 5) is 17.6. The average Bonchev–Trinajstić information content (AvgIpc) is 2.41. The van der Waals surface area contributed by atoms with Gasteiger partial charge in [0.1, 0.15) is 11.6 Å². The van der Waals surface area contributed by atoms with Crippen LogP contribution in [-0.4, -0.2) is 29.7 Å². The number of hydrogen-bond donors (Lipinski definition) is 0. The largest absolute Gasteiger partial charge is 0.478 e. The Hall–Kier alpha value is -1.62. The quantitative estimate of drug-likeness (QED) is 0.844. The van der Waals surface area contributed by atoms with E-state index >= 15 is 0 Å². The molecule has 1 aliphatic rings. The van der Waals surface area contributed by atoms with Crippen LogP contribution in [0.1, 0.15) is 26.7 Å². The highest BCUT2D eigenvalue weighted by Gasteiger charge is 2.35. The molecular weight excluding hydrogens is 249 g/mol. The van der Waals surface area contributed by atoms with E-state index in [-0.39, 0.29) is 11.7 Å². The van der Waals surface area contributed by atoms with Gasteiger partial charge in [-0.05, 0) is 51.0 Å². The molecule has 1 heterocycles. The van der Waals surface area contributed by atoms with Gasteiger partial charge in [0.15, 0.2) is 5.60 Å². The van der Waals surface area contributed by atoms with Crippen molar-refractivity contribution in [2.75, 3.05) is 13.2 Å². The first kappa shape index (κ1) is 13.8. The van der Waals surface area contributed by atoms with Crippen molar-refractivity contribution in [3.63, 3.8) is 0 Å². The second-order valence-corrected chi connectivity index (χ2v) is 5.01. The number of hydroxylamine groups is 2. The summed E-state index contributed by atoms with van der Waals surface area (Å²) >= 11 is 0.